The summed E-state index contributed by atoms with van der Waals surface area (Å²) in [6.07, 6.45) is 55.9. The third-order valence-corrected chi connectivity index (χ3v) is 8.10. The highest BCUT2D eigenvalue weighted by Crippen LogP contribution is 2.17. The maximum absolute atomic E-state index is 12.6. The summed E-state index contributed by atoms with van der Waals surface area (Å²) in [4.78, 5) is 23.4. The van der Waals surface area contributed by atoms with Gasteiger partial charge in [-0.25, -0.2) is 0 Å². The minimum atomic E-state index is -0.715. The van der Waals surface area contributed by atoms with Crippen molar-refractivity contribution in [2.45, 2.75) is 180 Å². The second-order valence-corrected chi connectivity index (χ2v) is 12.7. The zero-order valence-electron chi connectivity index (χ0n) is 31.0. The van der Waals surface area contributed by atoms with Gasteiger partial charge in [-0.05, 0) is 109 Å². The minimum Gasteiger partial charge on any atom is -0.481 e. The van der Waals surface area contributed by atoms with Crippen LogP contribution in [-0.4, -0.2) is 23.1 Å². The van der Waals surface area contributed by atoms with Crippen molar-refractivity contribution in [2.75, 3.05) is 0 Å². The molecule has 0 aromatic heterocycles. The Bertz CT molecular complexity index is 934. The van der Waals surface area contributed by atoms with E-state index in [1.807, 2.05) is 0 Å². The molecule has 0 aliphatic carbocycles. The fourth-order valence-electron chi connectivity index (χ4n) is 5.24. The highest BCUT2D eigenvalue weighted by atomic mass is 16.5. The van der Waals surface area contributed by atoms with Crippen LogP contribution in [0.4, 0.5) is 0 Å². The normalized spacial score (nSPS) is 13.2. The molecule has 1 N–H and O–H groups in total. The van der Waals surface area contributed by atoms with Gasteiger partial charge in [0.2, 0.25) is 0 Å². The lowest BCUT2D eigenvalue weighted by Crippen LogP contribution is -2.18. The molecule has 0 aromatic rings. The molecule has 48 heavy (non-hydrogen) atoms. The summed E-state index contributed by atoms with van der Waals surface area (Å²) in [7, 11) is 0. The topological polar surface area (TPSA) is 63.6 Å². The van der Waals surface area contributed by atoms with Crippen LogP contribution in [0.25, 0.3) is 0 Å². The lowest BCUT2D eigenvalue weighted by molar-refractivity contribution is -0.150. The van der Waals surface area contributed by atoms with E-state index in [1.54, 1.807) is 0 Å². The Hall–Kier alpha value is -2.88. The summed E-state index contributed by atoms with van der Waals surface area (Å²) < 4.78 is 5.95. The fraction of sp³-hybridized carbons (Fsp3) is 0.636. The molecule has 0 aliphatic heterocycles. The zero-order chi connectivity index (χ0) is 35.0. The van der Waals surface area contributed by atoms with Gasteiger partial charge in [-0.1, -0.05) is 137 Å². The van der Waals surface area contributed by atoms with Crippen LogP contribution in [0.15, 0.2) is 85.1 Å². The zero-order valence-corrected chi connectivity index (χ0v) is 31.0. The summed E-state index contributed by atoms with van der Waals surface area (Å²) in [5.41, 5.74) is 0. The van der Waals surface area contributed by atoms with Crippen molar-refractivity contribution in [1.29, 1.82) is 0 Å². The molecule has 0 rings (SSSR count). The Labute approximate surface area is 296 Å². The minimum absolute atomic E-state index is 0.00956. The lowest BCUT2D eigenvalue weighted by Gasteiger charge is -2.18. The van der Waals surface area contributed by atoms with E-state index in [2.05, 4.69) is 98.9 Å². The van der Waals surface area contributed by atoms with E-state index in [9.17, 15) is 9.59 Å². The number of rotatable bonds is 34. The molecular weight excluding hydrogens is 592 g/mol. The number of ether oxygens (including phenoxy) is 1. The average Bonchev–Trinajstić information content (AvgIpc) is 3.07. The molecule has 0 spiro atoms. The van der Waals surface area contributed by atoms with Crippen LogP contribution in [0.2, 0.25) is 0 Å². The van der Waals surface area contributed by atoms with Crippen molar-refractivity contribution in [3.63, 3.8) is 0 Å². The van der Waals surface area contributed by atoms with Crippen LogP contribution in [0.5, 0.6) is 0 Å². The second kappa shape index (κ2) is 38.6. The van der Waals surface area contributed by atoms with Gasteiger partial charge in [0, 0.05) is 12.8 Å². The summed E-state index contributed by atoms with van der Waals surface area (Å²) in [5.74, 6) is -0.770. The number of allylic oxidation sites excluding steroid dienone is 14. The fourth-order valence-corrected chi connectivity index (χ4v) is 5.24. The first kappa shape index (κ1) is 45.1. The molecule has 0 bridgehead atoms. The smallest absolute Gasteiger partial charge is 0.306 e. The Morgan fingerprint density at radius 1 is 0.479 bits per heavy atom. The van der Waals surface area contributed by atoms with E-state index in [4.69, 9.17) is 9.84 Å². The van der Waals surface area contributed by atoms with Gasteiger partial charge in [-0.2, -0.15) is 0 Å². The van der Waals surface area contributed by atoms with E-state index in [-0.39, 0.29) is 18.5 Å². The van der Waals surface area contributed by atoms with Crippen molar-refractivity contribution in [3.8, 4) is 0 Å². The number of esters is 1. The van der Waals surface area contributed by atoms with Gasteiger partial charge in [-0.3, -0.25) is 9.59 Å². The van der Waals surface area contributed by atoms with Gasteiger partial charge in [-0.15, -0.1) is 0 Å². The van der Waals surface area contributed by atoms with E-state index in [0.717, 1.165) is 122 Å². The van der Waals surface area contributed by atoms with Crippen molar-refractivity contribution < 1.29 is 19.4 Å². The molecule has 0 heterocycles. The molecule has 4 heteroatoms. The highest BCUT2D eigenvalue weighted by molar-refractivity contribution is 5.69. The third kappa shape index (κ3) is 37.6. The average molecular weight is 665 g/mol. The van der Waals surface area contributed by atoms with E-state index < -0.39 is 5.97 Å². The maximum Gasteiger partial charge on any atom is 0.306 e. The van der Waals surface area contributed by atoms with Crippen LogP contribution in [-0.2, 0) is 14.3 Å². The first-order valence-corrected chi connectivity index (χ1v) is 19.6. The monoisotopic (exact) mass is 665 g/mol. The van der Waals surface area contributed by atoms with Gasteiger partial charge in [0.15, 0.2) is 0 Å². The number of carboxylic acids is 1. The SMILES string of the molecule is CC/C=C\C/C=C\C/C=C\C/C=C\C/C=C\CCCCCC(=O)OC(CCC/C=C\C/C=C\CCCCC)CCCCCCCC(=O)O. The molecular formula is C44H72O4. The van der Waals surface area contributed by atoms with Gasteiger partial charge in [0.05, 0.1) is 0 Å². The Kier molecular flexibility index (Phi) is 36.3. The van der Waals surface area contributed by atoms with Crippen LogP contribution < -0.4 is 0 Å². The van der Waals surface area contributed by atoms with Gasteiger partial charge < -0.3 is 9.84 Å². The first-order chi connectivity index (χ1) is 23.6. The van der Waals surface area contributed by atoms with E-state index in [0.29, 0.717) is 6.42 Å². The quantitative estimate of drug-likeness (QED) is 0.0422. The molecule has 0 saturated carbocycles. The van der Waals surface area contributed by atoms with Crippen molar-refractivity contribution in [3.05, 3.63) is 85.1 Å². The Morgan fingerprint density at radius 2 is 0.896 bits per heavy atom. The van der Waals surface area contributed by atoms with Crippen molar-refractivity contribution >= 4 is 11.9 Å². The summed E-state index contributed by atoms with van der Waals surface area (Å²) in [6, 6.07) is 0. The second-order valence-electron chi connectivity index (χ2n) is 12.7. The predicted octanol–water partition coefficient (Wildman–Crippen LogP) is 13.7. The number of carboxylic acid groups (broad SMARTS) is 1. The lowest BCUT2D eigenvalue weighted by atomic mass is 10.0. The Balaban J connectivity index is 4.18. The molecule has 0 fully saturated rings. The first-order valence-electron chi connectivity index (χ1n) is 19.6. The number of carbonyl (C=O) groups is 2. The summed E-state index contributed by atoms with van der Waals surface area (Å²) in [5, 5.41) is 8.81. The highest BCUT2D eigenvalue weighted by Gasteiger charge is 2.14. The van der Waals surface area contributed by atoms with Crippen LogP contribution in [0, 0.1) is 0 Å². The summed E-state index contributed by atoms with van der Waals surface area (Å²) >= 11 is 0. The van der Waals surface area contributed by atoms with Crippen LogP contribution in [0.1, 0.15) is 174 Å². The molecule has 0 amide bonds. The van der Waals surface area contributed by atoms with Crippen molar-refractivity contribution in [2.24, 2.45) is 0 Å². The number of unbranched alkanes of at least 4 members (excludes halogenated alkanes) is 11. The van der Waals surface area contributed by atoms with Crippen LogP contribution in [0.3, 0.4) is 0 Å². The van der Waals surface area contributed by atoms with Gasteiger partial charge in [0.25, 0.3) is 0 Å². The standard InChI is InChI=1S/C44H72O4/c1-3-5-7-9-11-13-15-16-17-18-19-20-21-22-24-26-28-33-37-41-44(47)48-42(39-35-31-29-32-36-40-43(45)46)38-34-30-27-25-23-14-12-10-8-6-4-2/h5,7,11-14,16-17,19-20,22,24-25,27,42H,3-4,6,8-10,15,18,21,23,26,28-41H2,1-2H3,(H,45,46)/b7-5-,13-11-,14-12-,17-16-,20-19-,24-22-,27-25-. The van der Waals surface area contributed by atoms with E-state index >= 15 is 0 Å². The molecule has 4 nitrogen and oxygen atoms in total. The number of hydrogen-bond donors (Lipinski definition) is 1. The summed E-state index contributed by atoms with van der Waals surface area (Å²) in [6.45, 7) is 4.39. The Morgan fingerprint density at radius 3 is 1.44 bits per heavy atom. The van der Waals surface area contributed by atoms with E-state index in [1.165, 1.54) is 25.7 Å². The van der Waals surface area contributed by atoms with Crippen LogP contribution >= 0.6 is 0 Å². The molecule has 0 aromatic carbocycles. The largest absolute Gasteiger partial charge is 0.481 e. The van der Waals surface area contributed by atoms with Gasteiger partial charge >= 0.3 is 11.9 Å². The molecule has 0 radical (unpaired) electrons. The molecule has 272 valence electrons. The molecule has 1 unspecified atom stereocenters. The maximum atomic E-state index is 12.6. The number of hydrogen-bond acceptors (Lipinski definition) is 3. The molecule has 0 aliphatic rings. The predicted molar refractivity (Wildman–Crippen MR) is 208 cm³/mol. The molecule has 0 saturated heterocycles. The number of aliphatic carboxylic acids is 1. The van der Waals surface area contributed by atoms with Crippen molar-refractivity contribution in [1.82, 2.24) is 0 Å². The van der Waals surface area contributed by atoms with Gasteiger partial charge in [0.1, 0.15) is 6.10 Å². The third-order valence-electron chi connectivity index (χ3n) is 8.10. The molecule has 1 atom stereocenters. The number of carbonyl (C=O) groups excluding carboxylic acids is 1.